The minimum Gasteiger partial charge on any atom is -0.444 e. The minimum absolute atomic E-state index is 0.0728. The number of pyridine rings is 1. The molecule has 1 aromatic heterocycles. The van der Waals surface area contributed by atoms with Crippen LogP contribution in [0.4, 0.5) is 14.0 Å². The third-order valence-corrected chi connectivity index (χ3v) is 10.8. The highest BCUT2D eigenvalue weighted by Gasteiger charge is 2.62. The van der Waals surface area contributed by atoms with Crippen LogP contribution < -0.4 is 20.7 Å². The molecule has 2 saturated carbocycles. The van der Waals surface area contributed by atoms with E-state index in [1.165, 1.54) is 17.0 Å². The second-order valence-corrected chi connectivity index (χ2v) is 16.3. The molecule has 5 atom stereocenters. The Labute approximate surface area is 290 Å². The van der Waals surface area contributed by atoms with Gasteiger partial charge in [-0.25, -0.2) is 22.4 Å². The Kier molecular flexibility index (Phi) is 11.0. The van der Waals surface area contributed by atoms with Gasteiger partial charge in [-0.3, -0.25) is 24.1 Å². The molecule has 50 heavy (non-hydrogen) atoms. The van der Waals surface area contributed by atoms with Crippen molar-refractivity contribution in [2.24, 2.45) is 5.92 Å². The first-order chi connectivity index (χ1) is 23.6. The van der Waals surface area contributed by atoms with Crippen LogP contribution >= 0.6 is 0 Å². The number of nitrogens with one attached hydrogen (secondary N) is 4. The van der Waals surface area contributed by atoms with Gasteiger partial charge in [0.2, 0.25) is 21.8 Å². The molecule has 4 aliphatic rings. The molecule has 17 heteroatoms. The lowest BCUT2D eigenvalue weighted by molar-refractivity contribution is -0.141. The van der Waals surface area contributed by atoms with Gasteiger partial charge >= 0.3 is 12.2 Å². The smallest absolute Gasteiger partial charge is 0.408 e. The molecule has 274 valence electrons. The summed E-state index contributed by atoms with van der Waals surface area (Å²) in [6.45, 7) is 4.78. The largest absolute Gasteiger partial charge is 0.444 e. The molecule has 15 nitrogen and oxygen atoms in total. The first kappa shape index (κ1) is 37.0. The number of hydrogen-bond acceptors (Lipinski definition) is 10. The number of hydrogen-bond donors (Lipinski definition) is 4. The number of rotatable bonds is 7. The maximum Gasteiger partial charge on any atom is 0.408 e. The number of alkyl carbamates (subject to hydrolysis) is 2. The van der Waals surface area contributed by atoms with Gasteiger partial charge in [-0.1, -0.05) is 25.0 Å². The fourth-order valence-corrected chi connectivity index (χ4v) is 7.53. The van der Waals surface area contributed by atoms with E-state index in [1.54, 1.807) is 26.8 Å². The molecular weight excluding hydrogens is 675 g/mol. The fraction of sp³-hybridized carbons (Fsp3) is 0.636. The van der Waals surface area contributed by atoms with Gasteiger partial charge in [0, 0.05) is 12.3 Å². The van der Waals surface area contributed by atoms with Crippen LogP contribution in [0.15, 0.2) is 30.5 Å². The van der Waals surface area contributed by atoms with Gasteiger partial charge in [-0.2, -0.15) is 0 Å². The highest BCUT2D eigenvalue weighted by molar-refractivity contribution is 7.91. The minimum atomic E-state index is -3.92. The Morgan fingerprint density at radius 1 is 1.10 bits per heavy atom. The normalized spacial score (nSPS) is 28.0. The number of allylic oxidation sites excluding steroid dienone is 1. The summed E-state index contributed by atoms with van der Waals surface area (Å²) in [6, 6.07) is 0.276. The zero-order chi connectivity index (χ0) is 36.3. The molecular formula is C33H45FN6O9S. The average Bonchev–Trinajstić information content (AvgIpc) is 3.95. The molecule has 0 radical (unpaired) electrons. The van der Waals surface area contributed by atoms with Gasteiger partial charge in [0.15, 0.2) is 0 Å². The first-order valence-electron chi connectivity index (χ1n) is 17.0. The van der Waals surface area contributed by atoms with E-state index in [0.29, 0.717) is 31.4 Å². The zero-order valence-corrected chi connectivity index (χ0v) is 29.2. The monoisotopic (exact) mass is 720 g/mol. The second kappa shape index (κ2) is 14.9. The Bertz CT molecular complexity index is 1610. The third kappa shape index (κ3) is 9.48. The van der Waals surface area contributed by atoms with Crippen molar-refractivity contribution in [3.8, 4) is 0 Å². The van der Waals surface area contributed by atoms with Crippen LogP contribution in [0, 0.1) is 11.7 Å². The molecule has 4 N–H and O–H groups in total. The third-order valence-electron chi connectivity index (χ3n) is 9.01. The van der Waals surface area contributed by atoms with Crippen LogP contribution in [0.2, 0.25) is 0 Å². The van der Waals surface area contributed by atoms with Gasteiger partial charge in [-0.05, 0) is 71.4 Å². The highest BCUT2D eigenvalue weighted by atomic mass is 32.2. The fourth-order valence-electron chi connectivity index (χ4n) is 6.16. The van der Waals surface area contributed by atoms with E-state index >= 15 is 0 Å². The number of sulfonamides is 1. The van der Waals surface area contributed by atoms with Crippen molar-refractivity contribution >= 4 is 39.9 Å². The first-order valence-corrected chi connectivity index (χ1v) is 18.5. The van der Waals surface area contributed by atoms with Gasteiger partial charge in [-0.15, -0.1) is 0 Å². The van der Waals surface area contributed by atoms with Crippen molar-refractivity contribution in [3.63, 3.8) is 0 Å². The quantitative estimate of drug-likeness (QED) is 0.303. The van der Waals surface area contributed by atoms with Gasteiger partial charge in [0.25, 0.3) is 5.91 Å². The molecule has 2 aliphatic heterocycles. The average molecular weight is 721 g/mol. The number of aromatic nitrogens is 1. The molecule has 1 saturated heterocycles. The summed E-state index contributed by atoms with van der Waals surface area (Å²) < 4.78 is 51.8. The lowest BCUT2D eigenvalue weighted by Crippen LogP contribution is -2.58. The summed E-state index contributed by atoms with van der Waals surface area (Å²) in [5, 5.41) is 7.26. The number of carbonyl (C=O) groups excluding carboxylic acids is 5. The van der Waals surface area contributed by atoms with E-state index in [9.17, 15) is 36.8 Å². The highest BCUT2D eigenvalue weighted by Crippen LogP contribution is 2.46. The summed E-state index contributed by atoms with van der Waals surface area (Å²) in [5.74, 6) is -3.20. The maximum atomic E-state index is 14.2. The Hall–Kier alpha value is -4.28. The van der Waals surface area contributed by atoms with Crippen molar-refractivity contribution in [1.82, 2.24) is 30.6 Å². The Morgan fingerprint density at radius 3 is 2.54 bits per heavy atom. The van der Waals surface area contributed by atoms with Crippen molar-refractivity contribution in [1.29, 1.82) is 0 Å². The van der Waals surface area contributed by atoms with Crippen LogP contribution in [0.3, 0.4) is 0 Å². The summed E-state index contributed by atoms with van der Waals surface area (Å²) in [6.07, 6.45) is 5.91. The van der Waals surface area contributed by atoms with Gasteiger partial charge in [0.05, 0.1) is 30.2 Å². The Balaban J connectivity index is 1.37. The summed E-state index contributed by atoms with van der Waals surface area (Å²) in [4.78, 5) is 72.4. The van der Waals surface area contributed by atoms with E-state index in [0.717, 1.165) is 19.0 Å². The predicted octanol–water partition coefficient (Wildman–Crippen LogP) is 2.31. The van der Waals surface area contributed by atoms with E-state index in [2.05, 4.69) is 25.7 Å². The number of amides is 5. The lowest BCUT2D eigenvalue weighted by Gasteiger charge is -2.30. The van der Waals surface area contributed by atoms with E-state index in [-0.39, 0.29) is 32.4 Å². The molecule has 0 unspecified atom stereocenters. The van der Waals surface area contributed by atoms with Crippen LogP contribution in [0.25, 0.3) is 0 Å². The Morgan fingerprint density at radius 2 is 1.86 bits per heavy atom. The van der Waals surface area contributed by atoms with E-state index < -0.39 is 86.2 Å². The van der Waals surface area contributed by atoms with Gasteiger partial charge < -0.3 is 30.3 Å². The van der Waals surface area contributed by atoms with Crippen LogP contribution in [-0.2, 0) is 40.4 Å². The molecule has 0 aromatic carbocycles. The number of carbonyl (C=O) groups is 5. The topological polar surface area (TPSA) is 202 Å². The van der Waals surface area contributed by atoms with Crippen molar-refractivity contribution in [3.05, 3.63) is 42.0 Å². The molecule has 5 rings (SSSR count). The maximum absolute atomic E-state index is 14.2. The van der Waals surface area contributed by atoms with Crippen molar-refractivity contribution in [2.45, 2.75) is 120 Å². The molecule has 3 heterocycles. The van der Waals surface area contributed by atoms with Gasteiger partial charge in [0.1, 0.15) is 35.1 Å². The molecule has 5 amide bonds. The van der Waals surface area contributed by atoms with Crippen molar-refractivity contribution in [2.75, 3.05) is 6.54 Å². The molecule has 0 bridgehead atoms. The lowest BCUT2D eigenvalue weighted by atomic mass is 10.0. The van der Waals surface area contributed by atoms with Crippen LogP contribution in [0.5, 0.6) is 0 Å². The van der Waals surface area contributed by atoms with Crippen LogP contribution in [0.1, 0.15) is 84.3 Å². The molecule has 1 aromatic rings. The molecule has 2 aliphatic carbocycles. The summed E-state index contributed by atoms with van der Waals surface area (Å²) >= 11 is 0. The summed E-state index contributed by atoms with van der Waals surface area (Å²) in [7, 11) is -3.92. The number of nitrogens with zero attached hydrogens (tertiary/aromatic N) is 2. The second-order valence-electron chi connectivity index (χ2n) is 14.3. The number of ether oxygens (including phenoxy) is 2. The molecule has 0 spiro atoms. The van der Waals surface area contributed by atoms with E-state index in [4.69, 9.17) is 9.47 Å². The predicted molar refractivity (Wildman–Crippen MR) is 176 cm³/mol. The number of fused-ring (bicyclic) bond motifs is 2. The number of halogens is 1. The van der Waals surface area contributed by atoms with Crippen LogP contribution in [-0.4, -0.2) is 89.3 Å². The summed E-state index contributed by atoms with van der Waals surface area (Å²) in [5.41, 5.74) is -2.03. The zero-order valence-electron chi connectivity index (χ0n) is 28.4. The van der Waals surface area contributed by atoms with E-state index in [1.807, 2.05) is 6.08 Å². The standard InChI is InChI=1S/C33H45FN6O9S/c1-32(2,3)49-31(45)37-25-10-8-6-4-5-7-9-20-16-33(20,29(43)39-50(46,47)24-13-14-24)38-27(41)26-15-23(19-40(26)28(25)42)48-30(44)36-18-22-12-11-21(34)17-35-22/h7,9,11-12,17,20,23-26H,4-6,8,10,13-16,18-19H2,1-3H3,(H,36,44)(H,37,45)(H,38,41)(H,39,43)/b9-7-/t20-,23+,25-,26-,33+/m0/s1. The van der Waals surface area contributed by atoms with Crippen molar-refractivity contribution < 1.29 is 46.3 Å². The SMILES string of the molecule is CC(C)(C)OC(=O)N[C@H]1CCCCC/C=C\[C@H]2C[C@@]2(C(=O)NS(=O)(=O)C2CC2)NC(=O)[C@@H]2C[C@@H](OC(=O)NCc3ccc(F)cn3)CN2C1=O. The molecule has 3 fully saturated rings.